The van der Waals surface area contributed by atoms with Crippen molar-refractivity contribution in [2.45, 2.75) is 19.1 Å². The number of fused-ring (bicyclic) bond motifs is 2. The average molecular weight is 324 g/mol. The molecule has 0 radical (unpaired) electrons. The summed E-state index contributed by atoms with van der Waals surface area (Å²) in [4.78, 5) is 12.5. The predicted molar refractivity (Wildman–Crippen MR) is 85.9 cm³/mol. The van der Waals surface area contributed by atoms with Crippen molar-refractivity contribution in [2.24, 2.45) is 0 Å². The highest BCUT2D eigenvalue weighted by Gasteiger charge is 2.29. The van der Waals surface area contributed by atoms with Crippen LogP contribution in [0, 0.1) is 0 Å². The summed E-state index contributed by atoms with van der Waals surface area (Å²) in [6.07, 6.45) is 1.17. The Kier molecular flexibility index (Phi) is 3.53. The number of nitrogens with zero attached hydrogens (tertiary/aromatic N) is 3. The number of ether oxygens (including phenoxy) is 2. The number of para-hydroxylation sites is 2. The summed E-state index contributed by atoms with van der Waals surface area (Å²) in [5, 5.41) is 11.2. The van der Waals surface area contributed by atoms with Crippen molar-refractivity contribution in [2.75, 3.05) is 6.61 Å². The smallest absolute Gasteiger partial charge is 0.265 e. The van der Waals surface area contributed by atoms with Crippen LogP contribution in [0.25, 0.3) is 5.65 Å². The molecule has 2 atom stereocenters. The van der Waals surface area contributed by atoms with Gasteiger partial charge in [0.05, 0.1) is 6.04 Å². The van der Waals surface area contributed by atoms with Crippen LogP contribution in [0.2, 0.25) is 0 Å². The molecule has 0 spiro atoms. The van der Waals surface area contributed by atoms with Gasteiger partial charge in [-0.1, -0.05) is 18.2 Å². The molecule has 1 aromatic carbocycles. The average Bonchev–Trinajstić information content (AvgIpc) is 3.05. The first-order valence-corrected chi connectivity index (χ1v) is 7.71. The number of pyridine rings is 1. The zero-order valence-electron chi connectivity index (χ0n) is 13.0. The van der Waals surface area contributed by atoms with E-state index < -0.39 is 6.10 Å². The minimum absolute atomic E-state index is 0.177. The molecule has 24 heavy (non-hydrogen) atoms. The van der Waals surface area contributed by atoms with Crippen LogP contribution in [-0.2, 0) is 4.79 Å². The fourth-order valence-corrected chi connectivity index (χ4v) is 2.67. The summed E-state index contributed by atoms with van der Waals surface area (Å²) < 4.78 is 13.1. The first-order valence-electron chi connectivity index (χ1n) is 7.71. The molecule has 7 nitrogen and oxygen atoms in total. The van der Waals surface area contributed by atoms with Gasteiger partial charge in [0, 0.05) is 6.20 Å². The number of aromatic nitrogens is 3. The Hall–Kier alpha value is -3.09. The van der Waals surface area contributed by atoms with E-state index in [1.165, 1.54) is 0 Å². The highest BCUT2D eigenvalue weighted by atomic mass is 16.6. The standard InChI is InChI=1S/C17H16N4O3/c1-11(16-20-19-15-8-4-5-9-21(15)16)18-17(22)14-10-23-12-6-2-3-7-13(12)24-14/h2-9,11,14H,10H2,1H3,(H,18,22). The molecular formula is C17H16N4O3. The summed E-state index contributed by atoms with van der Waals surface area (Å²) >= 11 is 0. The van der Waals surface area contributed by atoms with E-state index in [4.69, 9.17) is 9.47 Å². The molecule has 0 saturated heterocycles. The molecule has 0 bridgehead atoms. The summed E-state index contributed by atoms with van der Waals surface area (Å²) in [6.45, 7) is 2.04. The number of nitrogens with one attached hydrogen (secondary N) is 1. The molecule has 0 aliphatic carbocycles. The molecule has 1 amide bonds. The van der Waals surface area contributed by atoms with Crippen molar-refractivity contribution in [1.29, 1.82) is 0 Å². The molecule has 0 saturated carbocycles. The highest BCUT2D eigenvalue weighted by molar-refractivity contribution is 5.82. The molecular weight excluding hydrogens is 308 g/mol. The third kappa shape index (κ3) is 2.54. The lowest BCUT2D eigenvalue weighted by atomic mass is 10.2. The van der Waals surface area contributed by atoms with Gasteiger partial charge in [-0.3, -0.25) is 9.20 Å². The van der Waals surface area contributed by atoms with Crippen LogP contribution in [0.5, 0.6) is 11.5 Å². The van der Waals surface area contributed by atoms with E-state index in [2.05, 4.69) is 15.5 Å². The van der Waals surface area contributed by atoms with E-state index in [0.717, 1.165) is 5.65 Å². The molecule has 0 fully saturated rings. The number of hydrogen-bond acceptors (Lipinski definition) is 5. The lowest BCUT2D eigenvalue weighted by Crippen LogP contribution is -2.45. The maximum Gasteiger partial charge on any atom is 0.265 e. The Bertz CT molecular complexity index is 892. The first-order chi connectivity index (χ1) is 11.7. The second-order valence-electron chi connectivity index (χ2n) is 5.58. The maximum atomic E-state index is 12.5. The Labute approximate surface area is 138 Å². The van der Waals surface area contributed by atoms with Gasteiger partial charge in [0.1, 0.15) is 6.61 Å². The zero-order valence-corrected chi connectivity index (χ0v) is 13.0. The number of hydrogen-bond donors (Lipinski definition) is 1. The molecule has 1 aliphatic rings. The van der Waals surface area contributed by atoms with E-state index in [0.29, 0.717) is 17.3 Å². The van der Waals surface area contributed by atoms with Gasteiger partial charge < -0.3 is 14.8 Å². The second-order valence-corrected chi connectivity index (χ2v) is 5.58. The summed E-state index contributed by atoms with van der Waals surface area (Å²) in [5.74, 6) is 1.64. The normalized spacial score (nSPS) is 17.5. The number of carbonyl (C=O) groups is 1. The fraction of sp³-hybridized carbons (Fsp3) is 0.235. The molecule has 1 N–H and O–H groups in total. The zero-order chi connectivity index (χ0) is 16.5. The molecule has 4 rings (SSSR count). The number of amides is 1. The molecule has 122 valence electrons. The fourth-order valence-electron chi connectivity index (χ4n) is 2.67. The Morgan fingerprint density at radius 1 is 1.21 bits per heavy atom. The Balaban J connectivity index is 1.48. The SMILES string of the molecule is CC(NC(=O)C1COc2ccccc2O1)c1nnc2ccccn12. The minimum atomic E-state index is -0.693. The summed E-state index contributed by atoms with van der Waals surface area (Å²) in [5.41, 5.74) is 0.736. The summed E-state index contributed by atoms with van der Waals surface area (Å²) in [6, 6.07) is 12.6. The third-order valence-corrected chi connectivity index (χ3v) is 3.89. The van der Waals surface area contributed by atoms with Crippen LogP contribution in [0.4, 0.5) is 0 Å². The lowest BCUT2D eigenvalue weighted by molar-refractivity contribution is -0.131. The van der Waals surface area contributed by atoms with E-state index in [-0.39, 0.29) is 18.6 Å². The van der Waals surface area contributed by atoms with Crippen molar-refractivity contribution in [3.8, 4) is 11.5 Å². The van der Waals surface area contributed by atoms with Crippen LogP contribution < -0.4 is 14.8 Å². The van der Waals surface area contributed by atoms with Gasteiger partial charge in [0.15, 0.2) is 23.0 Å². The van der Waals surface area contributed by atoms with Gasteiger partial charge in [-0.2, -0.15) is 0 Å². The van der Waals surface area contributed by atoms with E-state index in [9.17, 15) is 4.79 Å². The van der Waals surface area contributed by atoms with Crippen molar-refractivity contribution in [1.82, 2.24) is 19.9 Å². The Morgan fingerprint density at radius 2 is 2.00 bits per heavy atom. The van der Waals surface area contributed by atoms with Gasteiger partial charge in [0.25, 0.3) is 5.91 Å². The van der Waals surface area contributed by atoms with E-state index >= 15 is 0 Å². The predicted octanol–water partition coefficient (Wildman–Crippen LogP) is 1.75. The van der Waals surface area contributed by atoms with Crippen molar-refractivity contribution >= 4 is 11.6 Å². The summed E-state index contributed by atoms with van der Waals surface area (Å²) in [7, 11) is 0. The molecule has 3 heterocycles. The van der Waals surface area contributed by atoms with Gasteiger partial charge in [-0.25, -0.2) is 0 Å². The van der Waals surface area contributed by atoms with E-state index in [1.54, 1.807) is 6.07 Å². The van der Waals surface area contributed by atoms with Crippen LogP contribution in [0.1, 0.15) is 18.8 Å². The van der Waals surface area contributed by atoms with Crippen LogP contribution in [-0.4, -0.2) is 33.2 Å². The lowest BCUT2D eigenvalue weighted by Gasteiger charge is -2.26. The minimum Gasteiger partial charge on any atom is -0.485 e. The van der Waals surface area contributed by atoms with Crippen molar-refractivity contribution in [3.63, 3.8) is 0 Å². The second kappa shape index (κ2) is 5.84. The van der Waals surface area contributed by atoms with Gasteiger partial charge in [-0.05, 0) is 31.2 Å². The van der Waals surface area contributed by atoms with Crippen molar-refractivity contribution in [3.05, 3.63) is 54.5 Å². The molecule has 2 unspecified atom stereocenters. The Morgan fingerprint density at radius 3 is 2.88 bits per heavy atom. The number of benzene rings is 1. The van der Waals surface area contributed by atoms with Gasteiger partial charge >= 0.3 is 0 Å². The van der Waals surface area contributed by atoms with Gasteiger partial charge in [0.2, 0.25) is 6.10 Å². The monoisotopic (exact) mass is 324 g/mol. The van der Waals surface area contributed by atoms with E-state index in [1.807, 2.05) is 53.9 Å². The largest absolute Gasteiger partial charge is 0.485 e. The quantitative estimate of drug-likeness (QED) is 0.794. The molecule has 1 aliphatic heterocycles. The molecule has 7 heteroatoms. The number of carbonyl (C=O) groups excluding carboxylic acids is 1. The number of rotatable bonds is 3. The topological polar surface area (TPSA) is 77.8 Å². The maximum absolute atomic E-state index is 12.5. The molecule has 2 aromatic heterocycles. The first kappa shape index (κ1) is 14.5. The third-order valence-electron chi connectivity index (χ3n) is 3.89. The van der Waals surface area contributed by atoms with Crippen LogP contribution >= 0.6 is 0 Å². The van der Waals surface area contributed by atoms with Crippen LogP contribution in [0.3, 0.4) is 0 Å². The van der Waals surface area contributed by atoms with Crippen LogP contribution in [0.15, 0.2) is 48.7 Å². The van der Waals surface area contributed by atoms with Gasteiger partial charge in [-0.15, -0.1) is 10.2 Å². The highest BCUT2D eigenvalue weighted by Crippen LogP contribution is 2.31. The molecule has 3 aromatic rings. The van der Waals surface area contributed by atoms with Crippen molar-refractivity contribution < 1.29 is 14.3 Å².